The van der Waals surface area contributed by atoms with Gasteiger partial charge in [-0.1, -0.05) is 18.2 Å². The minimum atomic E-state index is -0.797. The molecule has 112 valence electrons. The third kappa shape index (κ3) is 3.62. The normalized spacial score (nSPS) is 10.8. The predicted molar refractivity (Wildman–Crippen MR) is 81.2 cm³/mol. The molecule has 1 aromatic heterocycles. The predicted octanol–water partition coefficient (Wildman–Crippen LogP) is 2.14. The molecular weight excluding hydrogens is 268 g/mol. The summed E-state index contributed by atoms with van der Waals surface area (Å²) in [6.07, 6.45) is 3.02. The second kappa shape index (κ2) is 6.43. The van der Waals surface area contributed by atoms with Gasteiger partial charge in [0.25, 0.3) is 0 Å². The SMILES string of the molecule is CN(C)C(=O)CCn1cc(CCC(=O)O)c2ccccc21. The van der Waals surface area contributed by atoms with Crippen molar-refractivity contribution in [3.63, 3.8) is 0 Å². The van der Waals surface area contributed by atoms with E-state index in [0.29, 0.717) is 19.4 Å². The highest BCUT2D eigenvalue weighted by Crippen LogP contribution is 2.23. The van der Waals surface area contributed by atoms with Gasteiger partial charge in [0.15, 0.2) is 0 Å². The van der Waals surface area contributed by atoms with Gasteiger partial charge in [0.2, 0.25) is 5.91 Å². The number of carboxylic acids is 1. The van der Waals surface area contributed by atoms with Crippen molar-refractivity contribution in [1.82, 2.24) is 9.47 Å². The van der Waals surface area contributed by atoms with Crippen LogP contribution in [-0.2, 0) is 22.6 Å². The number of para-hydroxylation sites is 1. The number of hydrogen-bond donors (Lipinski definition) is 1. The van der Waals surface area contributed by atoms with Crippen LogP contribution in [0, 0.1) is 0 Å². The Morgan fingerprint density at radius 3 is 2.57 bits per heavy atom. The lowest BCUT2D eigenvalue weighted by Gasteiger charge is -2.10. The highest BCUT2D eigenvalue weighted by atomic mass is 16.4. The van der Waals surface area contributed by atoms with Crippen LogP contribution in [-0.4, -0.2) is 40.5 Å². The summed E-state index contributed by atoms with van der Waals surface area (Å²) in [5.41, 5.74) is 2.06. The summed E-state index contributed by atoms with van der Waals surface area (Å²) in [4.78, 5) is 24.0. The molecule has 0 aliphatic rings. The lowest BCUT2D eigenvalue weighted by Crippen LogP contribution is -2.22. The Kier molecular flexibility index (Phi) is 4.62. The minimum Gasteiger partial charge on any atom is -0.481 e. The van der Waals surface area contributed by atoms with Crippen molar-refractivity contribution < 1.29 is 14.7 Å². The first-order valence-electron chi connectivity index (χ1n) is 6.97. The van der Waals surface area contributed by atoms with Crippen LogP contribution in [0.5, 0.6) is 0 Å². The second-order valence-electron chi connectivity index (χ2n) is 5.30. The van der Waals surface area contributed by atoms with Gasteiger partial charge >= 0.3 is 5.97 Å². The first-order chi connectivity index (χ1) is 9.99. The second-order valence-corrected chi connectivity index (χ2v) is 5.30. The fourth-order valence-corrected chi connectivity index (χ4v) is 2.39. The lowest BCUT2D eigenvalue weighted by atomic mass is 10.1. The van der Waals surface area contributed by atoms with Gasteiger partial charge in [0, 0.05) is 50.6 Å². The van der Waals surface area contributed by atoms with E-state index in [4.69, 9.17) is 5.11 Å². The average molecular weight is 288 g/mol. The molecule has 5 nitrogen and oxygen atoms in total. The van der Waals surface area contributed by atoms with Crippen molar-refractivity contribution in [2.75, 3.05) is 14.1 Å². The summed E-state index contributed by atoms with van der Waals surface area (Å²) >= 11 is 0. The summed E-state index contributed by atoms with van der Waals surface area (Å²) in [5.74, 6) is -0.713. The fraction of sp³-hybridized carbons (Fsp3) is 0.375. The van der Waals surface area contributed by atoms with E-state index in [-0.39, 0.29) is 12.3 Å². The quantitative estimate of drug-likeness (QED) is 0.885. The lowest BCUT2D eigenvalue weighted by molar-refractivity contribution is -0.137. The van der Waals surface area contributed by atoms with E-state index in [1.807, 2.05) is 35.0 Å². The average Bonchev–Trinajstić information content (AvgIpc) is 2.80. The zero-order valence-corrected chi connectivity index (χ0v) is 12.4. The van der Waals surface area contributed by atoms with Crippen molar-refractivity contribution in [3.8, 4) is 0 Å². The van der Waals surface area contributed by atoms with E-state index < -0.39 is 5.97 Å². The Morgan fingerprint density at radius 1 is 1.19 bits per heavy atom. The van der Waals surface area contributed by atoms with Crippen molar-refractivity contribution >= 4 is 22.8 Å². The highest BCUT2D eigenvalue weighted by Gasteiger charge is 2.11. The van der Waals surface area contributed by atoms with Crippen LogP contribution in [0.25, 0.3) is 10.9 Å². The molecule has 0 atom stereocenters. The van der Waals surface area contributed by atoms with E-state index in [9.17, 15) is 9.59 Å². The first-order valence-corrected chi connectivity index (χ1v) is 6.97. The largest absolute Gasteiger partial charge is 0.481 e. The van der Waals surface area contributed by atoms with E-state index in [2.05, 4.69) is 0 Å². The summed E-state index contributed by atoms with van der Waals surface area (Å²) < 4.78 is 2.04. The standard InChI is InChI=1S/C16H20N2O3/c1-17(2)15(19)9-10-18-11-12(7-8-16(20)21)13-5-3-4-6-14(13)18/h3-6,11H,7-10H2,1-2H3,(H,20,21). The molecule has 0 bridgehead atoms. The van der Waals surface area contributed by atoms with Gasteiger partial charge in [0.1, 0.15) is 0 Å². The number of aliphatic carboxylic acids is 1. The van der Waals surface area contributed by atoms with Gasteiger partial charge in [0.05, 0.1) is 0 Å². The number of carbonyl (C=O) groups excluding carboxylic acids is 1. The number of aryl methyl sites for hydroxylation is 2. The molecular formula is C16H20N2O3. The summed E-state index contributed by atoms with van der Waals surface area (Å²) in [5, 5.41) is 9.90. The summed E-state index contributed by atoms with van der Waals surface area (Å²) in [6, 6.07) is 7.89. The van der Waals surface area contributed by atoms with E-state index in [0.717, 1.165) is 16.5 Å². The number of carbonyl (C=O) groups is 2. The number of benzene rings is 1. The zero-order chi connectivity index (χ0) is 15.4. The molecule has 21 heavy (non-hydrogen) atoms. The van der Waals surface area contributed by atoms with Gasteiger partial charge in [-0.05, 0) is 18.1 Å². The van der Waals surface area contributed by atoms with Crippen LogP contribution in [0.1, 0.15) is 18.4 Å². The van der Waals surface area contributed by atoms with E-state index in [1.165, 1.54) is 0 Å². The molecule has 0 unspecified atom stereocenters. The molecule has 2 rings (SSSR count). The number of nitrogens with zero attached hydrogens (tertiary/aromatic N) is 2. The molecule has 5 heteroatoms. The van der Waals surface area contributed by atoms with Gasteiger partial charge in [-0.2, -0.15) is 0 Å². The smallest absolute Gasteiger partial charge is 0.303 e. The summed E-state index contributed by atoms with van der Waals surface area (Å²) in [6.45, 7) is 0.602. The molecule has 1 heterocycles. The van der Waals surface area contributed by atoms with Crippen molar-refractivity contribution in [2.24, 2.45) is 0 Å². The molecule has 1 aromatic carbocycles. The maximum absolute atomic E-state index is 11.7. The molecule has 0 saturated heterocycles. The molecule has 0 radical (unpaired) electrons. The Morgan fingerprint density at radius 2 is 1.90 bits per heavy atom. The summed E-state index contributed by atoms with van der Waals surface area (Å²) in [7, 11) is 3.49. The minimum absolute atomic E-state index is 0.0832. The third-order valence-electron chi connectivity index (χ3n) is 3.54. The molecule has 0 fully saturated rings. The number of fused-ring (bicyclic) bond motifs is 1. The number of hydrogen-bond acceptors (Lipinski definition) is 2. The van der Waals surface area contributed by atoms with Gasteiger partial charge in [-0.3, -0.25) is 9.59 Å². The maximum atomic E-state index is 11.7. The Balaban J connectivity index is 2.23. The Labute approximate surface area is 123 Å². The monoisotopic (exact) mass is 288 g/mol. The van der Waals surface area contributed by atoms with Crippen LogP contribution in [0.4, 0.5) is 0 Å². The molecule has 0 aliphatic carbocycles. The van der Waals surface area contributed by atoms with Crippen molar-refractivity contribution in [2.45, 2.75) is 25.8 Å². The van der Waals surface area contributed by atoms with Crippen molar-refractivity contribution in [3.05, 3.63) is 36.0 Å². The first kappa shape index (κ1) is 15.1. The van der Waals surface area contributed by atoms with Crippen molar-refractivity contribution in [1.29, 1.82) is 0 Å². The van der Waals surface area contributed by atoms with Gasteiger partial charge < -0.3 is 14.6 Å². The molecule has 0 aliphatic heterocycles. The fourth-order valence-electron chi connectivity index (χ4n) is 2.39. The van der Waals surface area contributed by atoms with Crippen LogP contribution < -0.4 is 0 Å². The number of aromatic nitrogens is 1. The maximum Gasteiger partial charge on any atom is 0.303 e. The highest BCUT2D eigenvalue weighted by molar-refractivity contribution is 5.84. The zero-order valence-electron chi connectivity index (χ0n) is 12.4. The van der Waals surface area contributed by atoms with E-state index in [1.54, 1.807) is 19.0 Å². The molecule has 1 N–H and O–H groups in total. The van der Waals surface area contributed by atoms with Gasteiger partial charge in [-0.25, -0.2) is 0 Å². The van der Waals surface area contributed by atoms with Gasteiger partial charge in [-0.15, -0.1) is 0 Å². The Hall–Kier alpha value is -2.30. The molecule has 0 spiro atoms. The molecule has 1 amide bonds. The van der Waals surface area contributed by atoms with Crippen LogP contribution in [0.3, 0.4) is 0 Å². The Bertz CT molecular complexity index is 659. The third-order valence-corrected chi connectivity index (χ3v) is 3.54. The van der Waals surface area contributed by atoms with Crippen LogP contribution in [0.2, 0.25) is 0 Å². The number of amides is 1. The van der Waals surface area contributed by atoms with Crippen LogP contribution in [0.15, 0.2) is 30.5 Å². The van der Waals surface area contributed by atoms with Crippen LogP contribution >= 0.6 is 0 Å². The topological polar surface area (TPSA) is 62.5 Å². The van der Waals surface area contributed by atoms with E-state index >= 15 is 0 Å². The molecule has 2 aromatic rings. The molecule has 0 saturated carbocycles. The number of carboxylic acid groups (broad SMARTS) is 1. The number of rotatable bonds is 6.